The number of piperidine rings is 1. The molecule has 0 radical (unpaired) electrons. The molecule has 1 saturated heterocycles. The average Bonchev–Trinajstić information content (AvgIpc) is 3.51. The van der Waals surface area contributed by atoms with Gasteiger partial charge < -0.3 is 14.9 Å². The lowest BCUT2D eigenvalue weighted by atomic mass is 9.87. The topological polar surface area (TPSA) is 97.3 Å². The number of carbonyl (C=O) groups excluding carboxylic acids is 1. The number of ether oxygens (including phenoxy) is 1. The predicted octanol–water partition coefficient (Wildman–Crippen LogP) is 3.38. The molecule has 2 unspecified atom stereocenters. The molecular formula is C26H30FN3O5S. The second-order valence-electron chi connectivity index (χ2n) is 9.69. The van der Waals surface area contributed by atoms with E-state index in [1.807, 2.05) is 30.3 Å². The number of benzene rings is 2. The molecule has 192 valence electrons. The van der Waals surface area contributed by atoms with Gasteiger partial charge in [0.15, 0.2) is 0 Å². The molecule has 2 heterocycles. The number of rotatable bonds is 7. The van der Waals surface area contributed by atoms with E-state index in [2.05, 4.69) is 10.5 Å². The van der Waals surface area contributed by atoms with Crippen LogP contribution in [0.15, 0.2) is 64.6 Å². The van der Waals surface area contributed by atoms with E-state index in [-0.39, 0.29) is 36.0 Å². The molecule has 3 aliphatic rings. The van der Waals surface area contributed by atoms with Gasteiger partial charge in [0.25, 0.3) is 5.91 Å². The molecule has 5 rings (SSSR count). The normalized spacial score (nSPS) is 23.9. The van der Waals surface area contributed by atoms with Crippen LogP contribution in [0.5, 0.6) is 0 Å². The summed E-state index contributed by atoms with van der Waals surface area (Å²) in [5.74, 6) is -0.742. The van der Waals surface area contributed by atoms with Crippen molar-refractivity contribution in [2.45, 2.75) is 67.8 Å². The summed E-state index contributed by atoms with van der Waals surface area (Å²) in [7, 11) is -3.72. The summed E-state index contributed by atoms with van der Waals surface area (Å²) in [5, 5.41) is 7.16. The van der Waals surface area contributed by atoms with Crippen molar-refractivity contribution < 1.29 is 27.2 Å². The highest BCUT2D eigenvalue weighted by Crippen LogP contribution is 2.36. The zero-order chi connectivity index (χ0) is 25.2. The maximum atomic E-state index is 13.2. The Morgan fingerprint density at radius 1 is 1.11 bits per heavy atom. The van der Waals surface area contributed by atoms with Crippen LogP contribution in [0.2, 0.25) is 0 Å². The Labute approximate surface area is 210 Å². The van der Waals surface area contributed by atoms with Crippen LogP contribution < -0.4 is 5.32 Å². The van der Waals surface area contributed by atoms with E-state index in [0.717, 1.165) is 37.0 Å². The maximum absolute atomic E-state index is 13.2. The van der Waals surface area contributed by atoms with Gasteiger partial charge in [-0.25, -0.2) is 12.8 Å². The van der Waals surface area contributed by atoms with E-state index >= 15 is 0 Å². The first-order valence-corrected chi connectivity index (χ1v) is 13.8. The van der Waals surface area contributed by atoms with Gasteiger partial charge in [-0.15, -0.1) is 0 Å². The van der Waals surface area contributed by atoms with Crippen molar-refractivity contribution in [2.75, 3.05) is 13.1 Å². The number of nitrogens with one attached hydrogen (secondary N) is 1. The first-order chi connectivity index (χ1) is 17.3. The number of amides is 1. The van der Waals surface area contributed by atoms with Crippen LogP contribution >= 0.6 is 0 Å². The summed E-state index contributed by atoms with van der Waals surface area (Å²) < 4.78 is 46.5. The minimum atomic E-state index is -3.72. The van der Waals surface area contributed by atoms with Gasteiger partial charge in [-0.1, -0.05) is 35.5 Å². The van der Waals surface area contributed by atoms with Crippen LogP contribution in [0.25, 0.3) is 0 Å². The van der Waals surface area contributed by atoms with E-state index in [1.165, 1.54) is 16.4 Å². The molecule has 1 saturated carbocycles. The van der Waals surface area contributed by atoms with Crippen molar-refractivity contribution in [2.24, 2.45) is 5.16 Å². The molecule has 1 N–H and O–H groups in total. The van der Waals surface area contributed by atoms with Gasteiger partial charge in [0.1, 0.15) is 17.1 Å². The van der Waals surface area contributed by atoms with E-state index in [0.29, 0.717) is 31.6 Å². The highest BCUT2D eigenvalue weighted by atomic mass is 32.2. The smallest absolute Gasteiger partial charge is 0.269 e. The lowest BCUT2D eigenvalue weighted by Crippen LogP contribution is -2.48. The van der Waals surface area contributed by atoms with Gasteiger partial charge in [0, 0.05) is 32.4 Å². The molecule has 10 heteroatoms. The molecule has 1 amide bonds. The Kier molecular flexibility index (Phi) is 7.09. The maximum Gasteiger partial charge on any atom is 0.269 e. The van der Waals surface area contributed by atoms with Crippen molar-refractivity contribution >= 4 is 21.6 Å². The minimum Gasteiger partial charge on any atom is -0.388 e. The van der Waals surface area contributed by atoms with Crippen LogP contribution in [-0.2, 0) is 31.0 Å². The summed E-state index contributed by atoms with van der Waals surface area (Å²) in [5.41, 5.74) is 0.747. The summed E-state index contributed by atoms with van der Waals surface area (Å²) >= 11 is 0. The summed E-state index contributed by atoms with van der Waals surface area (Å²) in [6.45, 7) is 0.979. The number of hydrogen-bond acceptors (Lipinski definition) is 6. The lowest BCUT2D eigenvalue weighted by Gasteiger charge is -2.36. The fourth-order valence-electron chi connectivity index (χ4n) is 5.12. The summed E-state index contributed by atoms with van der Waals surface area (Å²) in [6, 6.07) is 14.7. The third-order valence-corrected chi connectivity index (χ3v) is 9.18. The Morgan fingerprint density at radius 2 is 1.83 bits per heavy atom. The van der Waals surface area contributed by atoms with E-state index < -0.39 is 21.4 Å². The number of sulfonamides is 1. The molecular weight excluding hydrogens is 485 g/mol. The lowest BCUT2D eigenvalue weighted by molar-refractivity contribution is -0.116. The molecule has 2 aliphatic heterocycles. The van der Waals surface area contributed by atoms with Crippen LogP contribution in [0, 0.1) is 5.82 Å². The van der Waals surface area contributed by atoms with Gasteiger partial charge in [-0.2, -0.15) is 4.31 Å². The molecule has 8 nitrogen and oxygen atoms in total. The standard InChI is InChI=1S/C26H30FN3O5S/c27-20-9-11-21(12-10-20)36(32,33)30-15-13-26(14-16-30)17-23(29-35-26)25(31)28-22-7-4-8-24(22)34-18-19-5-2-1-3-6-19/h1-3,5-6,9-12,22,24H,4,7-8,13-18H2,(H,28,31). The van der Waals surface area contributed by atoms with Crippen LogP contribution in [0.3, 0.4) is 0 Å². The highest BCUT2D eigenvalue weighted by molar-refractivity contribution is 7.89. The number of hydrogen-bond donors (Lipinski definition) is 1. The third kappa shape index (κ3) is 5.30. The molecule has 1 spiro atoms. The fraction of sp³-hybridized carbons (Fsp3) is 0.462. The number of oxime groups is 1. The van der Waals surface area contributed by atoms with Crippen LogP contribution in [0.4, 0.5) is 4.39 Å². The highest BCUT2D eigenvalue weighted by Gasteiger charge is 2.46. The monoisotopic (exact) mass is 515 g/mol. The SMILES string of the molecule is O=C(NC1CCCC1OCc1ccccc1)C1=NOC2(CCN(S(=O)(=O)c3ccc(F)cc3)CC2)C1. The number of carbonyl (C=O) groups is 1. The fourth-order valence-corrected chi connectivity index (χ4v) is 6.56. The van der Waals surface area contributed by atoms with Gasteiger partial charge in [0.05, 0.1) is 23.6 Å². The van der Waals surface area contributed by atoms with Crippen LogP contribution in [0.1, 0.15) is 44.1 Å². The second-order valence-corrected chi connectivity index (χ2v) is 11.6. The summed E-state index contributed by atoms with van der Waals surface area (Å²) in [4.78, 5) is 18.7. The van der Waals surface area contributed by atoms with Crippen molar-refractivity contribution in [3.8, 4) is 0 Å². The Bertz CT molecular complexity index is 1210. The zero-order valence-corrected chi connectivity index (χ0v) is 20.8. The minimum absolute atomic E-state index is 0.0501. The Balaban J connectivity index is 1.13. The van der Waals surface area contributed by atoms with Gasteiger partial charge >= 0.3 is 0 Å². The molecule has 2 aromatic carbocycles. The zero-order valence-electron chi connectivity index (χ0n) is 19.9. The first-order valence-electron chi connectivity index (χ1n) is 12.3. The molecule has 2 aromatic rings. The van der Waals surface area contributed by atoms with Gasteiger partial charge in [-0.05, 0) is 49.1 Å². The first kappa shape index (κ1) is 24.9. The van der Waals surface area contributed by atoms with Crippen molar-refractivity contribution in [3.63, 3.8) is 0 Å². The van der Waals surface area contributed by atoms with Crippen molar-refractivity contribution in [1.82, 2.24) is 9.62 Å². The molecule has 36 heavy (non-hydrogen) atoms. The van der Waals surface area contributed by atoms with E-state index in [1.54, 1.807) is 0 Å². The van der Waals surface area contributed by atoms with E-state index in [4.69, 9.17) is 9.57 Å². The second kappa shape index (κ2) is 10.3. The predicted molar refractivity (Wildman–Crippen MR) is 131 cm³/mol. The van der Waals surface area contributed by atoms with E-state index in [9.17, 15) is 17.6 Å². The van der Waals surface area contributed by atoms with Crippen molar-refractivity contribution in [3.05, 3.63) is 66.0 Å². The largest absolute Gasteiger partial charge is 0.388 e. The molecule has 0 bridgehead atoms. The Hall–Kier alpha value is -2.82. The average molecular weight is 516 g/mol. The van der Waals surface area contributed by atoms with Crippen LogP contribution in [-0.4, -0.2) is 55.2 Å². The van der Waals surface area contributed by atoms with Crippen molar-refractivity contribution in [1.29, 1.82) is 0 Å². The van der Waals surface area contributed by atoms with Gasteiger partial charge in [0.2, 0.25) is 10.0 Å². The quantitative estimate of drug-likeness (QED) is 0.610. The van der Waals surface area contributed by atoms with Gasteiger partial charge in [-0.3, -0.25) is 4.79 Å². The summed E-state index contributed by atoms with van der Waals surface area (Å²) in [6.07, 6.45) is 3.84. The Morgan fingerprint density at radius 3 is 2.56 bits per heavy atom. The molecule has 2 atom stereocenters. The molecule has 0 aromatic heterocycles. The third-order valence-electron chi connectivity index (χ3n) is 7.26. The number of halogens is 1. The molecule has 1 aliphatic carbocycles. The molecule has 2 fully saturated rings. The number of nitrogens with zero attached hydrogens (tertiary/aromatic N) is 2.